The highest BCUT2D eigenvalue weighted by Gasteiger charge is 2.25. The third-order valence-electron chi connectivity index (χ3n) is 5.25. The van der Waals surface area contributed by atoms with Crippen LogP contribution in [0.25, 0.3) is 10.8 Å². The van der Waals surface area contributed by atoms with Crippen molar-refractivity contribution in [1.82, 2.24) is 15.0 Å². The van der Waals surface area contributed by atoms with Gasteiger partial charge in [0, 0.05) is 48.8 Å². The number of carbonyl (C=O) groups excluding carboxylic acids is 1. The van der Waals surface area contributed by atoms with Crippen LogP contribution in [0.5, 0.6) is 0 Å². The van der Waals surface area contributed by atoms with Crippen LogP contribution in [0.4, 0.5) is 17.5 Å². The van der Waals surface area contributed by atoms with Crippen molar-refractivity contribution in [2.45, 2.75) is 32.1 Å². The van der Waals surface area contributed by atoms with Crippen LogP contribution in [-0.2, 0) is 4.79 Å². The molecule has 168 valence electrons. The molecule has 0 radical (unpaired) electrons. The molecule has 0 aliphatic carbocycles. The van der Waals surface area contributed by atoms with E-state index in [1.165, 1.54) is 6.08 Å². The first-order chi connectivity index (χ1) is 15.8. The standard InChI is InChI=1S/C25H28N6OSi/c1-5-23(32)29-20-6-7-22-19(14-20)8-11-26-24(22)31-12-9-21(17-31)30-25-27-15-18(16-28-25)10-13-33(2,3)4/h5-8,11,14-16,21H,1,9,12,17H2,2-4H3,(H,29,32)(H,27,28,30)/t21-/m1/s1. The number of carbonyl (C=O) groups is 1. The van der Waals surface area contributed by atoms with E-state index in [0.717, 1.165) is 47.4 Å². The molecule has 2 aromatic heterocycles. The number of benzene rings is 1. The summed E-state index contributed by atoms with van der Waals surface area (Å²) in [6, 6.07) is 8.02. The molecule has 8 heteroatoms. The van der Waals surface area contributed by atoms with E-state index in [2.05, 4.69) is 68.2 Å². The van der Waals surface area contributed by atoms with Crippen molar-refractivity contribution in [3.63, 3.8) is 0 Å². The van der Waals surface area contributed by atoms with Gasteiger partial charge in [0.05, 0.1) is 5.56 Å². The summed E-state index contributed by atoms with van der Waals surface area (Å²) in [5.41, 5.74) is 4.92. The second-order valence-corrected chi connectivity index (χ2v) is 13.9. The summed E-state index contributed by atoms with van der Waals surface area (Å²) in [6.07, 6.45) is 7.60. The van der Waals surface area contributed by atoms with Gasteiger partial charge in [-0.3, -0.25) is 4.79 Å². The molecule has 1 aromatic carbocycles. The average molecular weight is 457 g/mol. The Morgan fingerprint density at radius 1 is 1.21 bits per heavy atom. The van der Waals surface area contributed by atoms with Crippen molar-refractivity contribution in [3.05, 3.63) is 61.1 Å². The summed E-state index contributed by atoms with van der Waals surface area (Å²) < 4.78 is 0. The lowest BCUT2D eigenvalue weighted by Crippen LogP contribution is -2.27. The number of fused-ring (bicyclic) bond motifs is 1. The predicted octanol–water partition coefficient (Wildman–Crippen LogP) is 4.07. The van der Waals surface area contributed by atoms with E-state index in [0.29, 0.717) is 5.95 Å². The highest BCUT2D eigenvalue weighted by Crippen LogP contribution is 2.29. The number of rotatable bonds is 5. The van der Waals surface area contributed by atoms with Gasteiger partial charge in [-0.1, -0.05) is 32.1 Å². The maximum atomic E-state index is 11.6. The second-order valence-electron chi connectivity index (χ2n) is 9.14. The van der Waals surface area contributed by atoms with Crippen LogP contribution in [-0.4, -0.2) is 48.1 Å². The Balaban J connectivity index is 1.44. The number of pyridine rings is 1. The zero-order valence-electron chi connectivity index (χ0n) is 19.2. The molecule has 1 atom stereocenters. The molecule has 3 heterocycles. The van der Waals surface area contributed by atoms with Crippen LogP contribution in [0.1, 0.15) is 12.0 Å². The Morgan fingerprint density at radius 3 is 2.73 bits per heavy atom. The van der Waals surface area contributed by atoms with Gasteiger partial charge in [0.1, 0.15) is 13.9 Å². The number of aromatic nitrogens is 3. The van der Waals surface area contributed by atoms with Crippen molar-refractivity contribution in [3.8, 4) is 11.5 Å². The number of amides is 1. The Hall–Kier alpha value is -3.70. The van der Waals surface area contributed by atoms with Gasteiger partial charge in [-0.25, -0.2) is 15.0 Å². The van der Waals surface area contributed by atoms with Crippen molar-refractivity contribution in [2.24, 2.45) is 0 Å². The molecule has 1 amide bonds. The van der Waals surface area contributed by atoms with E-state index in [1.807, 2.05) is 24.3 Å². The molecule has 7 nitrogen and oxygen atoms in total. The lowest BCUT2D eigenvalue weighted by molar-refractivity contribution is -0.111. The van der Waals surface area contributed by atoms with Crippen molar-refractivity contribution in [1.29, 1.82) is 0 Å². The summed E-state index contributed by atoms with van der Waals surface area (Å²) in [5.74, 6) is 4.52. The third kappa shape index (κ3) is 5.76. The largest absolute Gasteiger partial charge is 0.354 e. The Bertz CT molecular complexity index is 1240. The first kappa shape index (κ1) is 22.5. The van der Waals surface area contributed by atoms with Gasteiger partial charge in [-0.2, -0.15) is 0 Å². The Morgan fingerprint density at radius 2 is 2.00 bits per heavy atom. The first-order valence-corrected chi connectivity index (χ1v) is 14.5. The highest BCUT2D eigenvalue weighted by molar-refractivity contribution is 6.83. The molecule has 0 saturated carbocycles. The SMILES string of the molecule is C=CC(=O)Nc1ccc2c(N3CC[C@@H](Nc4ncc(C#C[Si](C)(C)C)cn4)C3)nccc2c1. The van der Waals surface area contributed by atoms with E-state index < -0.39 is 8.07 Å². The second kappa shape index (κ2) is 9.43. The number of hydrogen-bond acceptors (Lipinski definition) is 6. The summed E-state index contributed by atoms with van der Waals surface area (Å²) in [7, 11) is -1.42. The minimum atomic E-state index is -1.42. The number of nitrogens with one attached hydrogen (secondary N) is 2. The molecule has 1 saturated heterocycles. The Kier molecular flexibility index (Phi) is 6.42. The van der Waals surface area contributed by atoms with Gasteiger partial charge in [0.15, 0.2) is 0 Å². The third-order valence-corrected chi connectivity index (χ3v) is 6.13. The molecule has 3 aromatic rings. The molecule has 2 N–H and O–H groups in total. The number of anilines is 3. The van der Waals surface area contributed by atoms with Crippen LogP contribution in [0.2, 0.25) is 19.6 Å². The van der Waals surface area contributed by atoms with Crippen LogP contribution in [0.3, 0.4) is 0 Å². The predicted molar refractivity (Wildman–Crippen MR) is 137 cm³/mol. The minimum Gasteiger partial charge on any atom is -0.354 e. The fourth-order valence-electron chi connectivity index (χ4n) is 3.66. The molecule has 33 heavy (non-hydrogen) atoms. The van der Waals surface area contributed by atoms with Gasteiger partial charge in [-0.15, -0.1) is 5.54 Å². The lowest BCUT2D eigenvalue weighted by atomic mass is 10.1. The monoisotopic (exact) mass is 456 g/mol. The first-order valence-electron chi connectivity index (χ1n) is 11.0. The summed E-state index contributed by atoms with van der Waals surface area (Å²) >= 11 is 0. The highest BCUT2D eigenvalue weighted by atomic mass is 28.3. The van der Waals surface area contributed by atoms with E-state index in [-0.39, 0.29) is 11.9 Å². The van der Waals surface area contributed by atoms with Crippen molar-refractivity contribution < 1.29 is 4.79 Å². The van der Waals surface area contributed by atoms with Crippen molar-refractivity contribution in [2.75, 3.05) is 28.6 Å². The smallest absolute Gasteiger partial charge is 0.247 e. The van der Waals surface area contributed by atoms with Crippen LogP contribution >= 0.6 is 0 Å². The maximum absolute atomic E-state index is 11.6. The zero-order chi connectivity index (χ0) is 23.4. The molecule has 4 rings (SSSR count). The summed E-state index contributed by atoms with van der Waals surface area (Å²) in [4.78, 5) is 27.4. The lowest BCUT2D eigenvalue weighted by Gasteiger charge is -2.20. The number of hydrogen-bond donors (Lipinski definition) is 2. The molecular formula is C25H28N6OSi. The molecule has 0 unspecified atom stereocenters. The summed E-state index contributed by atoms with van der Waals surface area (Å²) in [6.45, 7) is 11.8. The maximum Gasteiger partial charge on any atom is 0.247 e. The normalized spacial score (nSPS) is 15.6. The van der Waals surface area contributed by atoms with E-state index in [9.17, 15) is 4.79 Å². The molecule has 0 spiro atoms. The van der Waals surface area contributed by atoms with Gasteiger partial charge in [-0.05, 0) is 42.1 Å². The van der Waals surface area contributed by atoms with E-state index in [4.69, 9.17) is 0 Å². The van der Waals surface area contributed by atoms with Gasteiger partial charge in [0.25, 0.3) is 0 Å². The van der Waals surface area contributed by atoms with Crippen LogP contribution in [0, 0.1) is 11.5 Å². The fraction of sp³-hybridized carbons (Fsp3) is 0.280. The van der Waals surface area contributed by atoms with E-state index >= 15 is 0 Å². The van der Waals surface area contributed by atoms with E-state index in [1.54, 1.807) is 18.6 Å². The number of nitrogens with zero attached hydrogens (tertiary/aromatic N) is 4. The topological polar surface area (TPSA) is 83.0 Å². The molecular weight excluding hydrogens is 428 g/mol. The minimum absolute atomic E-state index is 0.226. The zero-order valence-corrected chi connectivity index (χ0v) is 20.2. The molecule has 1 aliphatic rings. The molecule has 1 aliphatic heterocycles. The van der Waals surface area contributed by atoms with Gasteiger partial charge < -0.3 is 15.5 Å². The molecule has 1 fully saturated rings. The average Bonchev–Trinajstić information content (AvgIpc) is 3.25. The summed E-state index contributed by atoms with van der Waals surface area (Å²) in [5, 5.41) is 8.32. The Labute approximate surface area is 195 Å². The van der Waals surface area contributed by atoms with Crippen LogP contribution in [0.15, 0.2) is 55.5 Å². The van der Waals surface area contributed by atoms with Crippen LogP contribution < -0.4 is 15.5 Å². The van der Waals surface area contributed by atoms with Gasteiger partial charge >= 0.3 is 0 Å². The van der Waals surface area contributed by atoms with Gasteiger partial charge in [0.2, 0.25) is 11.9 Å². The van der Waals surface area contributed by atoms with Crippen molar-refractivity contribution >= 4 is 42.2 Å². The molecule has 0 bridgehead atoms. The quantitative estimate of drug-likeness (QED) is 0.342. The fourth-order valence-corrected chi connectivity index (χ4v) is 4.18.